The maximum Gasteiger partial charge on any atom is 0.247 e. The van der Waals surface area contributed by atoms with Gasteiger partial charge < -0.3 is 15.0 Å². The average Bonchev–Trinajstić information content (AvgIpc) is 3.64. The van der Waals surface area contributed by atoms with Crippen molar-refractivity contribution in [2.75, 3.05) is 32.8 Å². The number of carbonyl (C=O) groups is 2. The van der Waals surface area contributed by atoms with Gasteiger partial charge in [0.05, 0.1) is 24.3 Å². The van der Waals surface area contributed by atoms with E-state index in [1.807, 2.05) is 0 Å². The van der Waals surface area contributed by atoms with Crippen LogP contribution in [0.3, 0.4) is 0 Å². The van der Waals surface area contributed by atoms with Gasteiger partial charge in [-0.15, -0.1) is 16.7 Å². The lowest BCUT2D eigenvalue weighted by Crippen LogP contribution is -2.46. The fourth-order valence-electron chi connectivity index (χ4n) is 5.10. The molecule has 1 aliphatic carbocycles. The molecule has 10 nitrogen and oxygen atoms in total. The Labute approximate surface area is 235 Å². The minimum atomic E-state index is -0.859. The van der Waals surface area contributed by atoms with Crippen molar-refractivity contribution >= 4 is 41.1 Å². The number of nitrogens with zero attached hydrogens (tertiary/aromatic N) is 6. The van der Waals surface area contributed by atoms with Crippen molar-refractivity contribution in [3.8, 4) is 5.69 Å². The molecule has 0 radical (unpaired) electrons. The third-order valence-electron chi connectivity index (χ3n) is 7.30. The van der Waals surface area contributed by atoms with E-state index in [2.05, 4.69) is 25.7 Å². The van der Waals surface area contributed by atoms with Crippen LogP contribution in [0, 0.1) is 5.92 Å². The number of aromatic nitrogens is 4. The van der Waals surface area contributed by atoms with Gasteiger partial charge in [-0.05, 0) is 53.3 Å². The van der Waals surface area contributed by atoms with Gasteiger partial charge in [0.1, 0.15) is 18.2 Å². The van der Waals surface area contributed by atoms with E-state index in [1.165, 1.54) is 29.2 Å². The number of ether oxygens (including phenoxy) is 1. The summed E-state index contributed by atoms with van der Waals surface area (Å²) in [5.41, 5.74) is 1.80. The molecule has 13 heteroatoms. The molecule has 4 atom stereocenters. The number of hydrogen-bond donors (Lipinski definition) is 1. The molecule has 2 aliphatic heterocycles. The van der Waals surface area contributed by atoms with Crippen molar-refractivity contribution in [2.45, 2.75) is 30.8 Å². The van der Waals surface area contributed by atoms with E-state index in [-0.39, 0.29) is 17.9 Å². The summed E-state index contributed by atoms with van der Waals surface area (Å²) in [6.45, 7) is 4.81. The first kappa shape index (κ1) is 27.4. The highest BCUT2D eigenvalue weighted by Gasteiger charge is 2.42. The number of benzene rings is 1. The quantitative estimate of drug-likeness (QED) is 0.417. The van der Waals surface area contributed by atoms with Crippen LogP contribution in [0.25, 0.3) is 11.8 Å². The molecule has 3 heterocycles. The van der Waals surface area contributed by atoms with Crippen LogP contribution in [-0.2, 0) is 14.3 Å². The van der Waals surface area contributed by atoms with Gasteiger partial charge >= 0.3 is 0 Å². The highest BCUT2D eigenvalue weighted by atomic mass is 35.5. The molecule has 206 valence electrons. The largest absolute Gasteiger partial charge is 0.379 e. The van der Waals surface area contributed by atoms with Gasteiger partial charge in [-0.3, -0.25) is 14.5 Å². The lowest BCUT2D eigenvalue weighted by Gasteiger charge is -2.31. The fraction of sp³-hybridized carbons (Fsp3) is 0.423. The Balaban J connectivity index is 1.38. The molecule has 39 heavy (non-hydrogen) atoms. The van der Waals surface area contributed by atoms with Gasteiger partial charge in [-0.1, -0.05) is 18.5 Å². The average molecular weight is 576 g/mol. The number of amides is 2. The van der Waals surface area contributed by atoms with Gasteiger partial charge in [-0.2, -0.15) is 4.68 Å². The van der Waals surface area contributed by atoms with Gasteiger partial charge in [0.15, 0.2) is 0 Å². The summed E-state index contributed by atoms with van der Waals surface area (Å²) in [5, 5.41) is 13.8. The number of nitrogens with one attached hydrogen (secondary N) is 1. The number of carbonyl (C=O) groups excluding carboxylic acids is 2. The number of morpholine rings is 1. The van der Waals surface area contributed by atoms with Crippen LogP contribution in [0.15, 0.2) is 54.3 Å². The molecular formula is C26H28Cl2FN7O3. The Bertz CT molecular complexity index is 1310. The Hall–Kier alpha value is -3.12. The Kier molecular flexibility index (Phi) is 8.41. The molecule has 3 aliphatic rings. The number of hydrogen-bond acceptors (Lipinski definition) is 7. The van der Waals surface area contributed by atoms with Crippen LogP contribution in [0.2, 0.25) is 5.02 Å². The summed E-state index contributed by atoms with van der Waals surface area (Å²) in [5.74, 6) is -1.52. The number of tetrazole rings is 1. The van der Waals surface area contributed by atoms with Crippen molar-refractivity contribution in [1.29, 1.82) is 0 Å². The minimum Gasteiger partial charge on any atom is -0.379 e. The number of alkyl halides is 1. The highest BCUT2D eigenvalue weighted by Crippen LogP contribution is 2.30. The van der Waals surface area contributed by atoms with E-state index in [1.54, 1.807) is 36.1 Å². The maximum atomic E-state index is 13.9. The zero-order valence-corrected chi connectivity index (χ0v) is 22.7. The van der Waals surface area contributed by atoms with E-state index in [0.717, 1.165) is 13.1 Å². The highest BCUT2D eigenvalue weighted by molar-refractivity contribution is 6.30. The molecule has 2 saturated heterocycles. The molecule has 2 amide bonds. The SMILES string of the molecule is CC1C(NC(=O)C2CC(N3CCOCC3)CN2C(=O)C=Cc2cc(Cl)ccc2-n2cnnn2)=CC=C(F)C1Cl. The second-order valence-electron chi connectivity index (χ2n) is 9.69. The minimum absolute atomic E-state index is 0.000767. The molecule has 4 unspecified atom stereocenters. The van der Waals surface area contributed by atoms with Crippen LogP contribution in [0.1, 0.15) is 18.9 Å². The van der Waals surface area contributed by atoms with Gasteiger partial charge in [0.2, 0.25) is 11.8 Å². The third-order valence-corrected chi connectivity index (χ3v) is 8.12. The molecule has 2 fully saturated rings. The van der Waals surface area contributed by atoms with E-state index >= 15 is 0 Å². The van der Waals surface area contributed by atoms with Crippen LogP contribution >= 0.6 is 23.2 Å². The van der Waals surface area contributed by atoms with Crippen molar-refractivity contribution in [3.63, 3.8) is 0 Å². The second-order valence-corrected chi connectivity index (χ2v) is 10.6. The van der Waals surface area contributed by atoms with Gasteiger partial charge in [-0.25, -0.2) is 4.39 Å². The molecular weight excluding hydrogens is 548 g/mol. The van der Waals surface area contributed by atoms with Crippen molar-refractivity contribution in [2.24, 2.45) is 5.92 Å². The van der Waals surface area contributed by atoms with Crippen LogP contribution < -0.4 is 5.32 Å². The zero-order valence-electron chi connectivity index (χ0n) is 21.2. The predicted octanol–water partition coefficient (Wildman–Crippen LogP) is 2.74. The van der Waals surface area contributed by atoms with E-state index in [0.29, 0.717) is 48.1 Å². The monoisotopic (exact) mass is 575 g/mol. The van der Waals surface area contributed by atoms with Crippen LogP contribution in [-0.4, -0.2) is 92.1 Å². The van der Waals surface area contributed by atoms with Crippen molar-refractivity contribution < 1.29 is 18.7 Å². The fourth-order valence-corrected chi connectivity index (χ4v) is 5.49. The molecule has 1 N–H and O–H groups in total. The van der Waals surface area contributed by atoms with Gasteiger partial charge in [0, 0.05) is 54.0 Å². The normalized spacial score (nSPS) is 26.0. The molecule has 1 aromatic heterocycles. The summed E-state index contributed by atoms with van der Waals surface area (Å²) in [7, 11) is 0. The number of rotatable bonds is 6. The smallest absolute Gasteiger partial charge is 0.247 e. The number of halogens is 3. The summed E-state index contributed by atoms with van der Waals surface area (Å²) < 4.78 is 20.9. The summed E-state index contributed by atoms with van der Waals surface area (Å²) in [6.07, 6.45) is 7.77. The Morgan fingerprint density at radius 3 is 2.77 bits per heavy atom. The maximum absolute atomic E-state index is 13.9. The van der Waals surface area contributed by atoms with E-state index in [9.17, 15) is 14.0 Å². The Morgan fingerprint density at radius 1 is 1.23 bits per heavy atom. The van der Waals surface area contributed by atoms with E-state index in [4.69, 9.17) is 27.9 Å². The topological polar surface area (TPSA) is 105 Å². The molecule has 0 spiro atoms. The van der Waals surface area contributed by atoms with E-state index < -0.39 is 23.2 Å². The zero-order chi connectivity index (χ0) is 27.5. The molecule has 0 saturated carbocycles. The summed E-state index contributed by atoms with van der Waals surface area (Å²) in [6, 6.07) is 4.45. The summed E-state index contributed by atoms with van der Waals surface area (Å²) in [4.78, 5) is 30.9. The summed E-state index contributed by atoms with van der Waals surface area (Å²) >= 11 is 12.4. The molecule has 0 bridgehead atoms. The first-order chi connectivity index (χ1) is 18.8. The lowest BCUT2D eigenvalue weighted by molar-refractivity contribution is -0.134. The third kappa shape index (κ3) is 6.06. The second kappa shape index (κ2) is 12.0. The first-order valence-electron chi connectivity index (χ1n) is 12.7. The molecule has 2 aromatic rings. The first-order valence-corrected chi connectivity index (χ1v) is 13.5. The Morgan fingerprint density at radius 2 is 2.03 bits per heavy atom. The standard InChI is InChI=1S/C26H28Cl2FN7O3/c1-16-21(5-4-20(29)25(16)28)31-26(38)23-13-19(34-8-10-39-11-9-34)14-35(23)24(37)7-2-17-12-18(27)3-6-22(17)36-15-30-32-33-36/h2-7,12,15-16,19,23,25H,8-11,13-14H2,1H3,(H,31,38). The van der Waals surface area contributed by atoms with Crippen molar-refractivity contribution in [3.05, 3.63) is 64.9 Å². The number of likely N-dealkylation sites (tertiary alicyclic amines) is 1. The molecule has 5 rings (SSSR count). The van der Waals surface area contributed by atoms with Crippen molar-refractivity contribution in [1.82, 2.24) is 35.3 Å². The lowest BCUT2D eigenvalue weighted by atomic mass is 9.97. The van der Waals surface area contributed by atoms with Gasteiger partial charge in [0.25, 0.3) is 0 Å². The molecule has 1 aromatic carbocycles. The predicted molar refractivity (Wildman–Crippen MR) is 144 cm³/mol. The number of allylic oxidation sites excluding steroid dienone is 4. The van der Waals surface area contributed by atoms with Crippen LogP contribution in [0.4, 0.5) is 4.39 Å². The van der Waals surface area contributed by atoms with Crippen LogP contribution in [0.5, 0.6) is 0 Å².